The zero-order valence-corrected chi connectivity index (χ0v) is 19.6. The van der Waals surface area contributed by atoms with Crippen molar-refractivity contribution in [3.8, 4) is 0 Å². The molecule has 0 saturated carbocycles. The van der Waals surface area contributed by atoms with Crippen molar-refractivity contribution in [2.45, 2.75) is 83.7 Å². The smallest absolute Gasteiger partial charge is 0.307 e. The number of likely N-dealkylation sites (N-methyl/N-ethyl adjacent to an activating group) is 1. The van der Waals surface area contributed by atoms with Crippen LogP contribution in [0.4, 0.5) is 0 Å². The molecule has 0 radical (unpaired) electrons. The highest BCUT2D eigenvalue weighted by molar-refractivity contribution is 5.71. The molecule has 0 aromatic rings. The number of quaternary nitrogens is 1. The lowest BCUT2D eigenvalue weighted by Crippen LogP contribution is -2.43. The number of ether oxygens (including phenoxy) is 1. The summed E-state index contributed by atoms with van der Waals surface area (Å²) in [5.74, 6) is -1.21. The van der Waals surface area contributed by atoms with Crippen LogP contribution in [0.2, 0.25) is 0 Å². The van der Waals surface area contributed by atoms with E-state index in [0.29, 0.717) is 17.4 Å². The summed E-state index contributed by atoms with van der Waals surface area (Å²) in [4.78, 5) is 23.0. The standard InChI is InChI=1S/C25H43NO4/c1-5-6-7-8-9-10-11-12-13-14-15-16-17-18-19-20-25(29)30-23(21-24(27)28)22-26(2,3)4/h6-11,23H,5,12-22H2,1-4H3/p+1/b7-6+,9-8+,11-10+. The Bertz CT molecular complexity index is 544. The van der Waals surface area contributed by atoms with E-state index in [0.717, 1.165) is 32.1 Å². The van der Waals surface area contributed by atoms with Gasteiger partial charge in [0.2, 0.25) is 0 Å². The summed E-state index contributed by atoms with van der Waals surface area (Å²) in [6, 6.07) is 0. The molecule has 0 heterocycles. The number of allylic oxidation sites excluding steroid dienone is 6. The number of rotatable bonds is 18. The molecule has 0 bridgehead atoms. The van der Waals surface area contributed by atoms with E-state index >= 15 is 0 Å². The average Bonchev–Trinajstić information content (AvgIpc) is 2.63. The number of hydrogen-bond donors (Lipinski definition) is 1. The topological polar surface area (TPSA) is 63.6 Å². The van der Waals surface area contributed by atoms with Crippen LogP contribution in [0.1, 0.15) is 77.6 Å². The average molecular weight is 423 g/mol. The van der Waals surface area contributed by atoms with Crippen LogP contribution in [0.5, 0.6) is 0 Å². The van der Waals surface area contributed by atoms with E-state index in [1.165, 1.54) is 25.7 Å². The highest BCUT2D eigenvalue weighted by atomic mass is 16.5. The Balaban J connectivity index is 3.72. The van der Waals surface area contributed by atoms with Crippen molar-refractivity contribution < 1.29 is 23.9 Å². The number of unbranched alkanes of at least 4 members (excludes halogenated alkanes) is 7. The van der Waals surface area contributed by atoms with Gasteiger partial charge in [-0.25, -0.2) is 0 Å². The molecule has 1 atom stereocenters. The van der Waals surface area contributed by atoms with Gasteiger partial charge in [-0.1, -0.05) is 75.5 Å². The third-order valence-electron chi connectivity index (χ3n) is 4.54. The molecule has 0 amide bonds. The van der Waals surface area contributed by atoms with Gasteiger partial charge >= 0.3 is 11.9 Å². The van der Waals surface area contributed by atoms with Crippen LogP contribution in [0.3, 0.4) is 0 Å². The van der Waals surface area contributed by atoms with Gasteiger partial charge < -0.3 is 14.3 Å². The molecular formula is C25H44NO4+. The van der Waals surface area contributed by atoms with Crippen LogP contribution >= 0.6 is 0 Å². The lowest BCUT2D eigenvalue weighted by Gasteiger charge is -2.28. The Morgan fingerprint density at radius 1 is 0.867 bits per heavy atom. The molecule has 1 unspecified atom stereocenters. The molecule has 1 N–H and O–H groups in total. The number of esters is 1. The minimum absolute atomic E-state index is 0.136. The Labute approximate surface area is 184 Å². The SMILES string of the molecule is CC/C=C/C=C/C=C/CCCCCCCCCC(=O)OC(CC(=O)O)C[N+](C)(C)C. The van der Waals surface area contributed by atoms with Crippen molar-refractivity contribution in [1.29, 1.82) is 0 Å². The third kappa shape index (κ3) is 20.8. The first-order valence-corrected chi connectivity index (χ1v) is 11.4. The maximum atomic E-state index is 12.0. The lowest BCUT2D eigenvalue weighted by molar-refractivity contribution is -0.873. The molecule has 0 fully saturated rings. The van der Waals surface area contributed by atoms with Crippen molar-refractivity contribution in [3.05, 3.63) is 36.5 Å². The van der Waals surface area contributed by atoms with Gasteiger partial charge in [-0.3, -0.25) is 9.59 Å². The van der Waals surface area contributed by atoms with Crippen LogP contribution in [-0.4, -0.2) is 55.3 Å². The van der Waals surface area contributed by atoms with E-state index in [9.17, 15) is 9.59 Å². The molecule has 30 heavy (non-hydrogen) atoms. The fourth-order valence-corrected chi connectivity index (χ4v) is 3.13. The van der Waals surface area contributed by atoms with E-state index in [2.05, 4.69) is 43.4 Å². The highest BCUT2D eigenvalue weighted by Gasteiger charge is 2.24. The fraction of sp³-hybridized carbons (Fsp3) is 0.680. The van der Waals surface area contributed by atoms with Crippen molar-refractivity contribution in [2.75, 3.05) is 27.7 Å². The molecule has 172 valence electrons. The van der Waals surface area contributed by atoms with Crippen LogP contribution in [0.15, 0.2) is 36.5 Å². The van der Waals surface area contributed by atoms with E-state index < -0.39 is 12.1 Å². The zero-order valence-electron chi connectivity index (χ0n) is 19.6. The monoisotopic (exact) mass is 422 g/mol. The number of carbonyl (C=O) groups excluding carboxylic acids is 1. The number of nitrogens with zero attached hydrogens (tertiary/aromatic N) is 1. The number of aliphatic carboxylic acids is 1. The predicted molar refractivity (Wildman–Crippen MR) is 124 cm³/mol. The van der Waals surface area contributed by atoms with E-state index in [1.807, 2.05) is 21.1 Å². The zero-order chi connectivity index (χ0) is 22.7. The van der Waals surface area contributed by atoms with Crippen molar-refractivity contribution >= 4 is 11.9 Å². The maximum absolute atomic E-state index is 12.0. The molecule has 0 rings (SSSR count). The second-order valence-electron chi connectivity index (χ2n) is 8.85. The Hall–Kier alpha value is -1.88. The van der Waals surface area contributed by atoms with Crippen LogP contribution in [0, 0.1) is 0 Å². The van der Waals surface area contributed by atoms with E-state index in [4.69, 9.17) is 9.84 Å². The summed E-state index contributed by atoms with van der Waals surface area (Å²) >= 11 is 0. The molecule has 0 aromatic carbocycles. The molecule has 0 saturated heterocycles. The highest BCUT2D eigenvalue weighted by Crippen LogP contribution is 2.12. The van der Waals surface area contributed by atoms with Gasteiger partial charge in [-0.05, 0) is 25.7 Å². The lowest BCUT2D eigenvalue weighted by atomic mass is 10.1. The van der Waals surface area contributed by atoms with Crippen molar-refractivity contribution in [1.82, 2.24) is 0 Å². The molecule has 0 aliphatic carbocycles. The largest absolute Gasteiger partial charge is 0.481 e. The minimum atomic E-state index is -0.933. The number of carboxylic acid groups (broad SMARTS) is 1. The molecule has 0 aliphatic heterocycles. The number of hydrogen-bond acceptors (Lipinski definition) is 3. The molecule has 5 heteroatoms. The summed E-state index contributed by atoms with van der Waals surface area (Å²) in [6.07, 6.45) is 22.4. The van der Waals surface area contributed by atoms with Gasteiger partial charge in [-0.2, -0.15) is 0 Å². The Kier molecular flexibility index (Phi) is 16.8. The summed E-state index contributed by atoms with van der Waals surface area (Å²) in [7, 11) is 5.88. The first-order valence-electron chi connectivity index (χ1n) is 11.4. The molecule has 0 aromatic heterocycles. The summed E-state index contributed by atoms with van der Waals surface area (Å²) in [5.41, 5.74) is 0. The first-order chi connectivity index (χ1) is 14.2. The fourth-order valence-electron chi connectivity index (χ4n) is 3.13. The minimum Gasteiger partial charge on any atom is -0.481 e. The quantitative estimate of drug-likeness (QED) is 0.134. The molecular weight excluding hydrogens is 378 g/mol. The molecule has 0 spiro atoms. The van der Waals surface area contributed by atoms with Gasteiger partial charge in [0.25, 0.3) is 0 Å². The second kappa shape index (κ2) is 17.9. The number of carbonyl (C=O) groups is 2. The molecule has 5 nitrogen and oxygen atoms in total. The van der Waals surface area contributed by atoms with Gasteiger partial charge in [0, 0.05) is 6.42 Å². The summed E-state index contributed by atoms with van der Waals surface area (Å²) < 4.78 is 5.97. The van der Waals surface area contributed by atoms with Crippen LogP contribution < -0.4 is 0 Å². The van der Waals surface area contributed by atoms with Gasteiger partial charge in [-0.15, -0.1) is 0 Å². The first kappa shape index (κ1) is 28.1. The maximum Gasteiger partial charge on any atom is 0.307 e. The van der Waals surface area contributed by atoms with Crippen LogP contribution in [-0.2, 0) is 14.3 Å². The van der Waals surface area contributed by atoms with Crippen molar-refractivity contribution in [2.24, 2.45) is 0 Å². The normalized spacial score (nSPS) is 13.5. The van der Waals surface area contributed by atoms with Gasteiger partial charge in [0.15, 0.2) is 6.10 Å². The third-order valence-corrected chi connectivity index (χ3v) is 4.54. The van der Waals surface area contributed by atoms with E-state index in [-0.39, 0.29) is 12.4 Å². The molecule has 0 aliphatic rings. The van der Waals surface area contributed by atoms with Crippen LogP contribution in [0.25, 0.3) is 0 Å². The number of carboxylic acids is 1. The Morgan fingerprint density at radius 3 is 2.00 bits per heavy atom. The van der Waals surface area contributed by atoms with Gasteiger partial charge in [0.1, 0.15) is 6.54 Å². The summed E-state index contributed by atoms with van der Waals surface area (Å²) in [6.45, 7) is 2.63. The predicted octanol–water partition coefficient (Wildman–Crippen LogP) is 5.67. The van der Waals surface area contributed by atoms with E-state index in [1.54, 1.807) is 0 Å². The Morgan fingerprint density at radius 2 is 1.43 bits per heavy atom. The second-order valence-corrected chi connectivity index (χ2v) is 8.85. The van der Waals surface area contributed by atoms with Crippen molar-refractivity contribution in [3.63, 3.8) is 0 Å². The summed E-state index contributed by atoms with van der Waals surface area (Å²) in [5, 5.41) is 9.00. The van der Waals surface area contributed by atoms with Gasteiger partial charge in [0.05, 0.1) is 27.6 Å².